The smallest absolute Gasteiger partial charge is 0.207 e. The van der Waals surface area contributed by atoms with Gasteiger partial charge < -0.3 is 15.1 Å². The average molecular weight is 163 g/mol. The van der Waals surface area contributed by atoms with E-state index in [0.717, 1.165) is 0 Å². The Morgan fingerprint density at radius 3 is 3.00 bits per heavy atom. The highest BCUT2D eigenvalue weighted by atomic mass is 31.1. The second-order valence-corrected chi connectivity index (χ2v) is 3.19. The molecule has 1 heterocycles. The van der Waals surface area contributed by atoms with E-state index >= 15 is 0 Å². The molecule has 0 aromatic carbocycles. The van der Waals surface area contributed by atoms with E-state index in [1.54, 1.807) is 4.90 Å². The molecule has 58 valence electrons. The van der Waals surface area contributed by atoms with Crippen LogP contribution in [0.15, 0.2) is 0 Å². The summed E-state index contributed by atoms with van der Waals surface area (Å²) < 4.78 is 10.3. The number of nitrogens with one attached hydrogen (secondary N) is 2. The summed E-state index contributed by atoms with van der Waals surface area (Å²) in [5, 5.41) is 9.93. The van der Waals surface area contributed by atoms with Gasteiger partial charge in [-0.05, 0) is 0 Å². The standard InChI is InChI=1S/C4H10N3O2P/c5-4-6-1-2-7(4)3-10(8)9/h10H,1-3H2,(H2,5,6)(H,8,9). The first-order chi connectivity index (χ1) is 4.70. The van der Waals surface area contributed by atoms with Gasteiger partial charge in [-0.25, -0.2) is 0 Å². The van der Waals surface area contributed by atoms with Crippen molar-refractivity contribution in [1.29, 1.82) is 5.41 Å². The van der Waals surface area contributed by atoms with Gasteiger partial charge in [-0.3, -0.25) is 9.97 Å². The predicted molar refractivity (Wildman–Crippen MR) is 38.5 cm³/mol. The predicted octanol–water partition coefficient (Wildman–Crippen LogP) is -0.749. The van der Waals surface area contributed by atoms with Gasteiger partial charge >= 0.3 is 0 Å². The highest BCUT2D eigenvalue weighted by Crippen LogP contribution is 2.15. The lowest BCUT2D eigenvalue weighted by molar-refractivity contribution is 0.458. The van der Waals surface area contributed by atoms with Crippen LogP contribution in [0.25, 0.3) is 0 Å². The third-order valence-electron chi connectivity index (χ3n) is 1.32. The lowest BCUT2D eigenvalue weighted by Crippen LogP contribution is -2.28. The maximum absolute atomic E-state index is 10.3. The van der Waals surface area contributed by atoms with E-state index in [2.05, 4.69) is 5.32 Å². The van der Waals surface area contributed by atoms with Crippen LogP contribution >= 0.6 is 8.03 Å². The number of nitrogens with zero attached hydrogens (tertiary/aromatic N) is 1. The van der Waals surface area contributed by atoms with Gasteiger partial charge in [-0.2, -0.15) is 0 Å². The summed E-state index contributed by atoms with van der Waals surface area (Å²) >= 11 is 0. The van der Waals surface area contributed by atoms with Crippen LogP contribution in [-0.4, -0.2) is 35.1 Å². The van der Waals surface area contributed by atoms with Crippen LogP contribution in [0.4, 0.5) is 0 Å². The Bertz CT molecular complexity index is 172. The van der Waals surface area contributed by atoms with Gasteiger partial charge in [0.05, 0.1) is 6.29 Å². The van der Waals surface area contributed by atoms with Gasteiger partial charge in [0.25, 0.3) is 0 Å². The summed E-state index contributed by atoms with van der Waals surface area (Å²) in [5.41, 5.74) is 0. The Morgan fingerprint density at radius 1 is 1.90 bits per heavy atom. The molecule has 1 rings (SSSR count). The van der Waals surface area contributed by atoms with E-state index in [0.29, 0.717) is 13.1 Å². The van der Waals surface area contributed by atoms with Crippen molar-refractivity contribution in [2.24, 2.45) is 0 Å². The molecule has 6 heteroatoms. The molecular weight excluding hydrogens is 153 g/mol. The quantitative estimate of drug-likeness (QED) is 0.468. The van der Waals surface area contributed by atoms with Crippen LogP contribution in [0.3, 0.4) is 0 Å². The van der Waals surface area contributed by atoms with Crippen molar-refractivity contribution in [1.82, 2.24) is 10.2 Å². The van der Waals surface area contributed by atoms with Crippen LogP contribution in [-0.2, 0) is 4.57 Å². The molecule has 1 fully saturated rings. The normalized spacial score (nSPS) is 20.9. The molecule has 10 heavy (non-hydrogen) atoms. The van der Waals surface area contributed by atoms with Crippen molar-refractivity contribution in [3.63, 3.8) is 0 Å². The minimum Gasteiger partial charge on any atom is -0.355 e. The number of rotatable bonds is 2. The van der Waals surface area contributed by atoms with Crippen LogP contribution in [0.2, 0.25) is 0 Å². The Balaban J connectivity index is 2.40. The van der Waals surface area contributed by atoms with E-state index < -0.39 is 8.03 Å². The fraction of sp³-hybridized carbons (Fsp3) is 0.750. The fourth-order valence-electron chi connectivity index (χ4n) is 0.854. The Morgan fingerprint density at radius 2 is 2.60 bits per heavy atom. The van der Waals surface area contributed by atoms with E-state index in [1.807, 2.05) is 0 Å². The molecule has 5 nitrogen and oxygen atoms in total. The second-order valence-electron chi connectivity index (χ2n) is 2.09. The SMILES string of the molecule is N=C1NCCN1C[PH](=O)O. The van der Waals surface area contributed by atoms with E-state index in [4.69, 9.17) is 10.3 Å². The first-order valence-electron chi connectivity index (χ1n) is 2.99. The van der Waals surface area contributed by atoms with Gasteiger partial charge in [0.2, 0.25) is 8.03 Å². The lowest BCUT2D eigenvalue weighted by Gasteiger charge is -2.12. The fourth-order valence-corrected chi connectivity index (χ4v) is 1.50. The summed E-state index contributed by atoms with van der Waals surface area (Å²) in [6, 6.07) is 0. The zero-order valence-electron chi connectivity index (χ0n) is 5.42. The van der Waals surface area contributed by atoms with Crippen LogP contribution in [0.5, 0.6) is 0 Å². The number of guanidine groups is 1. The topological polar surface area (TPSA) is 76.4 Å². The first kappa shape index (κ1) is 7.57. The third-order valence-corrected chi connectivity index (χ3v) is 1.97. The summed E-state index contributed by atoms with van der Waals surface area (Å²) in [4.78, 5) is 10.1. The second kappa shape index (κ2) is 3.03. The summed E-state index contributed by atoms with van der Waals surface area (Å²) in [5.74, 6) is 0.257. The summed E-state index contributed by atoms with van der Waals surface area (Å²) in [6.07, 6.45) is 0.108. The van der Waals surface area contributed by atoms with Crippen molar-refractivity contribution in [2.75, 3.05) is 19.4 Å². The maximum Gasteiger partial charge on any atom is 0.207 e. The van der Waals surface area contributed by atoms with E-state index in [1.165, 1.54) is 0 Å². The molecule has 0 spiro atoms. The molecule has 0 bridgehead atoms. The van der Waals surface area contributed by atoms with Crippen molar-refractivity contribution in [3.05, 3.63) is 0 Å². The lowest BCUT2D eigenvalue weighted by atomic mass is 10.7. The monoisotopic (exact) mass is 163 g/mol. The van der Waals surface area contributed by atoms with Gasteiger partial charge in [-0.1, -0.05) is 0 Å². The van der Waals surface area contributed by atoms with Gasteiger partial charge in [0.1, 0.15) is 0 Å². The molecule has 3 N–H and O–H groups in total. The molecule has 1 unspecified atom stereocenters. The van der Waals surface area contributed by atoms with Crippen molar-refractivity contribution >= 4 is 14.0 Å². The van der Waals surface area contributed by atoms with E-state index in [-0.39, 0.29) is 12.2 Å². The molecule has 0 aromatic heterocycles. The number of hydrogen-bond donors (Lipinski definition) is 3. The Kier molecular flexibility index (Phi) is 2.29. The minimum atomic E-state index is -2.46. The zero-order chi connectivity index (χ0) is 7.56. The molecule has 1 atom stereocenters. The third kappa shape index (κ3) is 1.72. The minimum absolute atomic E-state index is 0.108. The summed E-state index contributed by atoms with van der Waals surface area (Å²) in [6.45, 7) is 1.36. The molecule has 0 radical (unpaired) electrons. The molecule has 0 amide bonds. The first-order valence-corrected chi connectivity index (χ1v) is 4.55. The van der Waals surface area contributed by atoms with Crippen molar-refractivity contribution in [2.45, 2.75) is 0 Å². The Labute approximate surface area is 59.4 Å². The molecule has 0 saturated carbocycles. The van der Waals surface area contributed by atoms with Crippen LogP contribution < -0.4 is 5.32 Å². The number of hydrogen-bond acceptors (Lipinski definition) is 2. The van der Waals surface area contributed by atoms with Crippen molar-refractivity contribution in [3.8, 4) is 0 Å². The molecule has 1 aliphatic heterocycles. The molecular formula is C4H10N3O2P. The van der Waals surface area contributed by atoms with Crippen LogP contribution in [0, 0.1) is 5.41 Å². The van der Waals surface area contributed by atoms with E-state index in [9.17, 15) is 4.57 Å². The zero-order valence-corrected chi connectivity index (χ0v) is 6.42. The van der Waals surface area contributed by atoms with Gasteiger partial charge in [0.15, 0.2) is 5.96 Å². The highest BCUT2D eigenvalue weighted by molar-refractivity contribution is 7.37. The maximum atomic E-state index is 10.3. The summed E-state index contributed by atoms with van der Waals surface area (Å²) in [7, 11) is -2.46. The molecule has 0 aromatic rings. The highest BCUT2D eigenvalue weighted by Gasteiger charge is 2.16. The largest absolute Gasteiger partial charge is 0.355 e. The van der Waals surface area contributed by atoms with Gasteiger partial charge in [0, 0.05) is 13.1 Å². The van der Waals surface area contributed by atoms with Crippen LogP contribution in [0.1, 0.15) is 0 Å². The van der Waals surface area contributed by atoms with Crippen molar-refractivity contribution < 1.29 is 9.46 Å². The van der Waals surface area contributed by atoms with Gasteiger partial charge in [-0.15, -0.1) is 0 Å². The molecule has 1 aliphatic rings. The molecule has 0 aliphatic carbocycles. The molecule has 1 saturated heterocycles. The average Bonchev–Trinajstić information content (AvgIpc) is 2.15. The Hall–Kier alpha value is -0.540.